The van der Waals surface area contributed by atoms with Gasteiger partial charge in [-0.05, 0) is 92.7 Å². The molecule has 1 nitrogen and oxygen atoms in total. The highest BCUT2D eigenvalue weighted by Crippen LogP contribution is 2.44. The van der Waals surface area contributed by atoms with Crippen LogP contribution in [0.3, 0.4) is 0 Å². The maximum Gasteiger partial charge on any atom is 0.0643 e. The van der Waals surface area contributed by atoms with Crippen LogP contribution in [0.4, 0.5) is 0 Å². The average molecular weight is 391 g/mol. The van der Waals surface area contributed by atoms with E-state index in [0.717, 1.165) is 30.3 Å². The molecule has 2 aliphatic rings. The van der Waals surface area contributed by atoms with E-state index in [1.165, 1.54) is 55.8 Å². The van der Waals surface area contributed by atoms with E-state index in [4.69, 9.17) is 4.74 Å². The summed E-state index contributed by atoms with van der Waals surface area (Å²) >= 11 is 3.54. The lowest BCUT2D eigenvalue weighted by molar-refractivity contribution is 0.171. The largest absolute Gasteiger partial charge is 0.381 e. The third-order valence-electron chi connectivity index (χ3n) is 6.27. The number of rotatable bonds is 5. The molecule has 2 saturated carbocycles. The van der Waals surface area contributed by atoms with Gasteiger partial charge in [0.1, 0.15) is 0 Å². The third kappa shape index (κ3) is 4.95. The Hall–Kier alpha value is -0.600. The van der Waals surface area contributed by atoms with Crippen molar-refractivity contribution in [3.05, 3.63) is 46.5 Å². The molecule has 1 aromatic carbocycles. The lowest BCUT2D eigenvalue weighted by Crippen LogP contribution is -2.25. The predicted octanol–water partition coefficient (Wildman–Crippen LogP) is 6.73. The Labute approximate surface area is 156 Å². The van der Waals surface area contributed by atoms with Crippen LogP contribution in [0.25, 0.3) is 0 Å². The van der Waals surface area contributed by atoms with Crippen LogP contribution < -0.4 is 0 Å². The van der Waals surface area contributed by atoms with E-state index in [1.54, 1.807) is 12.7 Å². The highest BCUT2D eigenvalue weighted by molar-refractivity contribution is 9.10. The van der Waals surface area contributed by atoms with Crippen molar-refractivity contribution in [3.63, 3.8) is 0 Å². The zero-order valence-electron chi connectivity index (χ0n) is 14.9. The van der Waals surface area contributed by atoms with Gasteiger partial charge in [-0.3, -0.25) is 0 Å². The van der Waals surface area contributed by atoms with E-state index in [0.29, 0.717) is 0 Å². The van der Waals surface area contributed by atoms with Gasteiger partial charge in [0.05, 0.1) is 6.61 Å². The van der Waals surface area contributed by atoms with Crippen molar-refractivity contribution >= 4 is 15.9 Å². The molecule has 0 atom stereocenters. The fraction of sp³-hybridized carbons (Fsp3) is 0.636. The van der Waals surface area contributed by atoms with E-state index in [-0.39, 0.29) is 0 Å². The highest BCUT2D eigenvalue weighted by Gasteiger charge is 2.30. The van der Waals surface area contributed by atoms with E-state index < -0.39 is 0 Å². The number of hydrogen-bond acceptors (Lipinski definition) is 1. The zero-order chi connectivity index (χ0) is 16.8. The molecule has 0 unspecified atom stereocenters. The Bertz CT molecular complexity index is 505. The van der Waals surface area contributed by atoms with E-state index in [9.17, 15) is 0 Å². The molecule has 2 heteroatoms. The van der Waals surface area contributed by atoms with E-state index >= 15 is 0 Å². The van der Waals surface area contributed by atoms with Crippen molar-refractivity contribution in [1.29, 1.82) is 0 Å². The molecule has 0 bridgehead atoms. The molecule has 0 saturated heterocycles. The Morgan fingerprint density at radius 2 is 1.50 bits per heavy atom. The minimum atomic E-state index is 0.764. The number of methoxy groups -OCH3 is 1. The summed E-state index contributed by atoms with van der Waals surface area (Å²) in [4.78, 5) is 0. The molecule has 24 heavy (non-hydrogen) atoms. The lowest BCUT2D eigenvalue weighted by atomic mass is 9.68. The summed E-state index contributed by atoms with van der Waals surface area (Å²) in [5.74, 6) is 3.57. The molecule has 0 spiro atoms. The molecule has 0 aromatic heterocycles. The Morgan fingerprint density at radius 3 is 2.08 bits per heavy atom. The maximum atomic E-state index is 5.11. The number of benzene rings is 1. The van der Waals surface area contributed by atoms with Crippen molar-refractivity contribution in [2.75, 3.05) is 13.7 Å². The van der Waals surface area contributed by atoms with Gasteiger partial charge >= 0.3 is 0 Å². The summed E-state index contributed by atoms with van der Waals surface area (Å²) in [5.41, 5.74) is 1.55. The van der Waals surface area contributed by atoms with Crippen LogP contribution >= 0.6 is 15.9 Å². The molecular weight excluding hydrogens is 360 g/mol. The summed E-state index contributed by atoms with van der Waals surface area (Å²) in [7, 11) is 1.77. The van der Waals surface area contributed by atoms with Gasteiger partial charge in [0.2, 0.25) is 0 Å². The standard InChI is InChI=1S/C22H31BrO/c1-24-16-2-3-17-4-6-18(7-5-17)19-8-10-20(11-9-19)21-12-14-22(23)15-13-21/h2-3,12-15,17-20H,4-11,16H2,1H3/t17-,18-,19-,20-. The smallest absolute Gasteiger partial charge is 0.0643 e. The van der Waals surface area contributed by atoms with Crippen LogP contribution in [0, 0.1) is 17.8 Å². The van der Waals surface area contributed by atoms with Gasteiger partial charge < -0.3 is 4.74 Å². The van der Waals surface area contributed by atoms with Crippen LogP contribution in [-0.2, 0) is 4.74 Å². The first-order chi connectivity index (χ1) is 11.8. The summed E-state index contributed by atoms with van der Waals surface area (Å²) < 4.78 is 6.30. The van der Waals surface area contributed by atoms with Gasteiger partial charge in [-0.15, -0.1) is 0 Å². The second-order valence-corrected chi connectivity index (χ2v) is 8.64. The Morgan fingerprint density at radius 1 is 0.917 bits per heavy atom. The van der Waals surface area contributed by atoms with E-state index in [2.05, 4.69) is 52.3 Å². The SMILES string of the molecule is COCC=C[C@H]1CC[C@H]([C@H]2CC[C@H](c3ccc(Br)cc3)CC2)CC1. The van der Waals surface area contributed by atoms with Crippen molar-refractivity contribution in [1.82, 2.24) is 0 Å². The molecule has 3 rings (SSSR count). The van der Waals surface area contributed by atoms with Gasteiger partial charge in [0.15, 0.2) is 0 Å². The van der Waals surface area contributed by atoms with Gasteiger partial charge in [-0.25, -0.2) is 0 Å². The minimum Gasteiger partial charge on any atom is -0.381 e. The molecule has 2 fully saturated rings. The van der Waals surface area contributed by atoms with Crippen molar-refractivity contribution in [3.8, 4) is 0 Å². The van der Waals surface area contributed by atoms with Gasteiger partial charge in [0.25, 0.3) is 0 Å². The van der Waals surface area contributed by atoms with Gasteiger partial charge in [-0.2, -0.15) is 0 Å². The fourth-order valence-corrected chi connectivity index (χ4v) is 5.08. The first-order valence-corrected chi connectivity index (χ1v) is 10.5. The molecule has 1 aromatic rings. The van der Waals surface area contributed by atoms with Crippen LogP contribution in [0.1, 0.15) is 62.8 Å². The molecule has 0 radical (unpaired) electrons. The summed E-state index contributed by atoms with van der Waals surface area (Å²) in [6.45, 7) is 0.764. The Kier molecular flexibility index (Phi) is 6.97. The second kappa shape index (κ2) is 9.20. The van der Waals surface area contributed by atoms with Crippen LogP contribution in [-0.4, -0.2) is 13.7 Å². The number of hydrogen-bond donors (Lipinski definition) is 0. The second-order valence-electron chi connectivity index (χ2n) is 7.72. The highest BCUT2D eigenvalue weighted by atomic mass is 79.9. The quantitative estimate of drug-likeness (QED) is 0.506. The summed E-state index contributed by atoms with van der Waals surface area (Å²) in [5, 5.41) is 0. The van der Waals surface area contributed by atoms with Crippen molar-refractivity contribution in [2.45, 2.75) is 57.3 Å². The summed E-state index contributed by atoms with van der Waals surface area (Å²) in [6, 6.07) is 9.01. The third-order valence-corrected chi connectivity index (χ3v) is 6.80. The number of halogens is 1. The van der Waals surface area contributed by atoms with Crippen molar-refractivity contribution < 1.29 is 4.74 Å². The van der Waals surface area contributed by atoms with Crippen LogP contribution in [0.15, 0.2) is 40.9 Å². The van der Waals surface area contributed by atoms with Gasteiger partial charge in [0, 0.05) is 11.6 Å². The molecule has 0 heterocycles. The topological polar surface area (TPSA) is 9.23 Å². The molecular formula is C22H31BrO. The molecule has 0 aliphatic heterocycles. The van der Waals surface area contributed by atoms with Crippen LogP contribution in [0.2, 0.25) is 0 Å². The average Bonchev–Trinajstić information content (AvgIpc) is 2.63. The molecule has 2 aliphatic carbocycles. The zero-order valence-corrected chi connectivity index (χ0v) is 16.5. The minimum absolute atomic E-state index is 0.764. The molecule has 132 valence electrons. The summed E-state index contributed by atoms with van der Waals surface area (Å²) in [6.07, 6.45) is 15.9. The molecule has 0 N–H and O–H groups in total. The number of ether oxygens (including phenoxy) is 1. The fourth-order valence-electron chi connectivity index (χ4n) is 4.81. The maximum absolute atomic E-state index is 5.11. The lowest BCUT2D eigenvalue weighted by Gasteiger charge is -2.37. The monoisotopic (exact) mass is 390 g/mol. The van der Waals surface area contributed by atoms with E-state index in [1.807, 2.05) is 0 Å². The Balaban J connectivity index is 1.43. The molecule has 0 amide bonds. The number of allylic oxidation sites excluding steroid dienone is 1. The normalized spacial score (nSPS) is 31.4. The van der Waals surface area contributed by atoms with Crippen molar-refractivity contribution in [2.24, 2.45) is 17.8 Å². The first kappa shape index (κ1) is 18.2. The predicted molar refractivity (Wildman–Crippen MR) is 105 cm³/mol. The van der Waals surface area contributed by atoms with Gasteiger partial charge in [-0.1, -0.05) is 40.2 Å². The first-order valence-electron chi connectivity index (χ1n) is 9.67. The van der Waals surface area contributed by atoms with Crippen LogP contribution in [0.5, 0.6) is 0 Å².